The monoisotopic (exact) mass is 343 g/mol. The predicted octanol–water partition coefficient (Wildman–Crippen LogP) is 5.02. The minimum atomic E-state index is 0.512. The standard InChI is InChI=1S/C23H25N3/c1-15-6-9-21-19(12-15)23-20-5-3-4-18(25-20)13-22(23)26(21)11-10-17-8-7-16(2)24-14-17/h6-12,14,18,20,25H,3-5,13H2,1-2H3/b11-10-/t18-,20+/m0/s1. The zero-order valence-electron chi connectivity index (χ0n) is 15.5. The summed E-state index contributed by atoms with van der Waals surface area (Å²) >= 11 is 0. The third kappa shape index (κ3) is 2.58. The maximum Gasteiger partial charge on any atom is 0.0529 e. The van der Waals surface area contributed by atoms with Crippen molar-refractivity contribution in [1.82, 2.24) is 14.9 Å². The first-order valence-corrected chi connectivity index (χ1v) is 9.69. The fraction of sp³-hybridized carbons (Fsp3) is 0.348. The Balaban J connectivity index is 1.67. The largest absolute Gasteiger partial charge is 0.320 e. The highest BCUT2D eigenvalue weighted by atomic mass is 15.0. The van der Waals surface area contributed by atoms with E-state index in [1.54, 1.807) is 0 Å². The molecule has 0 spiro atoms. The van der Waals surface area contributed by atoms with Gasteiger partial charge in [0, 0.05) is 47.7 Å². The van der Waals surface area contributed by atoms with Gasteiger partial charge in [0.2, 0.25) is 0 Å². The van der Waals surface area contributed by atoms with E-state index in [9.17, 15) is 0 Å². The molecule has 0 unspecified atom stereocenters. The van der Waals surface area contributed by atoms with E-state index in [0.29, 0.717) is 12.1 Å². The lowest BCUT2D eigenvalue weighted by Gasteiger charge is -2.36. The van der Waals surface area contributed by atoms with Crippen LogP contribution in [0.4, 0.5) is 0 Å². The molecule has 1 fully saturated rings. The number of piperidine rings is 1. The molecule has 3 nitrogen and oxygen atoms in total. The molecule has 0 aliphatic carbocycles. The van der Waals surface area contributed by atoms with Gasteiger partial charge in [0.15, 0.2) is 0 Å². The molecule has 4 heterocycles. The van der Waals surface area contributed by atoms with Gasteiger partial charge in [-0.05, 0) is 68.5 Å². The van der Waals surface area contributed by atoms with Gasteiger partial charge in [-0.15, -0.1) is 0 Å². The predicted molar refractivity (Wildman–Crippen MR) is 108 cm³/mol. The number of hydrogen-bond acceptors (Lipinski definition) is 2. The number of benzene rings is 1. The second-order valence-corrected chi connectivity index (χ2v) is 7.85. The highest BCUT2D eigenvalue weighted by molar-refractivity contribution is 5.90. The Morgan fingerprint density at radius 1 is 1.15 bits per heavy atom. The zero-order chi connectivity index (χ0) is 17.7. The number of hydrogen-bond donors (Lipinski definition) is 1. The summed E-state index contributed by atoms with van der Waals surface area (Å²) in [6.45, 7) is 4.22. The highest BCUT2D eigenvalue weighted by Gasteiger charge is 2.33. The van der Waals surface area contributed by atoms with Crippen molar-refractivity contribution in [3.63, 3.8) is 0 Å². The average molecular weight is 343 g/mol. The summed E-state index contributed by atoms with van der Waals surface area (Å²) in [7, 11) is 0. The van der Waals surface area contributed by atoms with Gasteiger partial charge in [0.25, 0.3) is 0 Å². The van der Waals surface area contributed by atoms with E-state index in [1.165, 1.54) is 47.0 Å². The van der Waals surface area contributed by atoms with E-state index in [-0.39, 0.29) is 0 Å². The zero-order valence-corrected chi connectivity index (χ0v) is 15.5. The van der Waals surface area contributed by atoms with Crippen molar-refractivity contribution >= 4 is 23.2 Å². The Morgan fingerprint density at radius 2 is 2.08 bits per heavy atom. The van der Waals surface area contributed by atoms with Gasteiger partial charge in [-0.25, -0.2) is 0 Å². The normalized spacial score (nSPS) is 22.1. The maximum absolute atomic E-state index is 4.42. The van der Waals surface area contributed by atoms with Crippen molar-refractivity contribution in [1.29, 1.82) is 0 Å². The first kappa shape index (κ1) is 15.8. The molecule has 132 valence electrons. The SMILES string of the molecule is Cc1ccc2c(c1)c1c(n2/C=C\c2ccc(C)nc2)C[C@@H]2CCC[C@H]1N2. The molecule has 1 saturated heterocycles. The Labute approximate surface area is 154 Å². The van der Waals surface area contributed by atoms with Gasteiger partial charge < -0.3 is 9.88 Å². The quantitative estimate of drug-likeness (QED) is 0.708. The third-order valence-corrected chi connectivity index (χ3v) is 5.92. The first-order chi connectivity index (χ1) is 12.7. The molecule has 2 bridgehead atoms. The summed E-state index contributed by atoms with van der Waals surface area (Å²) in [6.07, 6.45) is 11.4. The van der Waals surface area contributed by atoms with E-state index in [1.807, 2.05) is 13.1 Å². The van der Waals surface area contributed by atoms with Crippen molar-refractivity contribution in [3.8, 4) is 0 Å². The maximum atomic E-state index is 4.42. The molecule has 2 aliphatic rings. The number of aromatic nitrogens is 2. The number of rotatable bonds is 2. The second kappa shape index (κ2) is 6.10. The van der Waals surface area contributed by atoms with Crippen LogP contribution in [-0.2, 0) is 6.42 Å². The summed E-state index contributed by atoms with van der Waals surface area (Å²) in [5.41, 5.74) is 7.89. The van der Waals surface area contributed by atoms with Crippen LogP contribution in [0, 0.1) is 13.8 Å². The number of nitrogens with zero attached hydrogens (tertiary/aromatic N) is 2. The lowest BCUT2D eigenvalue weighted by molar-refractivity contribution is 0.301. The molecule has 1 aromatic carbocycles. The molecule has 26 heavy (non-hydrogen) atoms. The highest BCUT2D eigenvalue weighted by Crippen LogP contribution is 2.41. The molecule has 0 saturated carbocycles. The first-order valence-electron chi connectivity index (χ1n) is 9.69. The molecule has 5 rings (SSSR count). The molecule has 2 aromatic heterocycles. The van der Waals surface area contributed by atoms with Gasteiger partial charge >= 0.3 is 0 Å². The Kier molecular flexibility index (Phi) is 3.71. The summed E-state index contributed by atoms with van der Waals surface area (Å²) in [5.74, 6) is 0. The fourth-order valence-electron chi connectivity index (χ4n) is 4.65. The molecule has 2 aliphatic heterocycles. The molecule has 3 heteroatoms. The van der Waals surface area contributed by atoms with Gasteiger partial charge in [-0.1, -0.05) is 17.7 Å². The summed E-state index contributed by atoms with van der Waals surface area (Å²) < 4.78 is 2.43. The van der Waals surface area contributed by atoms with Crippen LogP contribution in [0.3, 0.4) is 0 Å². The van der Waals surface area contributed by atoms with E-state index in [2.05, 4.69) is 64.4 Å². The fourth-order valence-corrected chi connectivity index (χ4v) is 4.65. The van der Waals surface area contributed by atoms with Crippen molar-refractivity contribution in [2.75, 3.05) is 0 Å². The van der Waals surface area contributed by atoms with E-state index >= 15 is 0 Å². The Morgan fingerprint density at radius 3 is 2.92 bits per heavy atom. The van der Waals surface area contributed by atoms with Gasteiger partial charge in [0.1, 0.15) is 0 Å². The van der Waals surface area contributed by atoms with Crippen LogP contribution in [0.15, 0.2) is 36.5 Å². The lowest BCUT2D eigenvalue weighted by atomic mass is 9.84. The summed E-state index contributed by atoms with van der Waals surface area (Å²) in [5, 5.41) is 5.29. The van der Waals surface area contributed by atoms with Crippen molar-refractivity contribution in [3.05, 3.63) is 64.6 Å². The number of fused-ring (bicyclic) bond motifs is 6. The van der Waals surface area contributed by atoms with E-state index < -0.39 is 0 Å². The van der Waals surface area contributed by atoms with Crippen LogP contribution in [-0.4, -0.2) is 15.6 Å². The van der Waals surface area contributed by atoms with E-state index in [4.69, 9.17) is 0 Å². The van der Waals surface area contributed by atoms with Crippen LogP contribution in [0.25, 0.3) is 23.2 Å². The third-order valence-electron chi connectivity index (χ3n) is 5.92. The lowest BCUT2D eigenvalue weighted by Crippen LogP contribution is -2.42. The topological polar surface area (TPSA) is 29.9 Å². The van der Waals surface area contributed by atoms with Crippen molar-refractivity contribution in [2.24, 2.45) is 0 Å². The van der Waals surface area contributed by atoms with Gasteiger partial charge in [-0.3, -0.25) is 4.98 Å². The summed E-state index contributed by atoms with van der Waals surface area (Å²) in [6, 6.07) is 12.2. The van der Waals surface area contributed by atoms with Crippen LogP contribution < -0.4 is 5.32 Å². The van der Waals surface area contributed by atoms with Gasteiger partial charge in [0.05, 0.1) is 5.52 Å². The molecular formula is C23H25N3. The second-order valence-electron chi connectivity index (χ2n) is 7.85. The number of pyridine rings is 1. The van der Waals surface area contributed by atoms with E-state index in [0.717, 1.165) is 17.7 Å². The summed E-state index contributed by atoms with van der Waals surface area (Å²) in [4.78, 5) is 4.42. The average Bonchev–Trinajstić information content (AvgIpc) is 2.94. The minimum Gasteiger partial charge on any atom is -0.320 e. The number of aryl methyl sites for hydroxylation is 2. The molecule has 3 aromatic rings. The number of nitrogens with one attached hydrogen (secondary N) is 1. The Hall–Kier alpha value is -2.39. The molecular weight excluding hydrogens is 318 g/mol. The van der Waals surface area contributed by atoms with Crippen LogP contribution in [0.2, 0.25) is 0 Å². The van der Waals surface area contributed by atoms with Crippen LogP contribution >= 0.6 is 0 Å². The van der Waals surface area contributed by atoms with Crippen molar-refractivity contribution < 1.29 is 0 Å². The molecule has 0 radical (unpaired) electrons. The van der Waals surface area contributed by atoms with Crippen LogP contribution in [0.5, 0.6) is 0 Å². The molecule has 0 amide bonds. The van der Waals surface area contributed by atoms with Crippen LogP contribution in [0.1, 0.15) is 53.4 Å². The van der Waals surface area contributed by atoms with Crippen molar-refractivity contribution in [2.45, 2.75) is 51.6 Å². The Bertz CT molecular complexity index is 994. The molecule has 1 N–H and O–H groups in total. The smallest absolute Gasteiger partial charge is 0.0529 e. The van der Waals surface area contributed by atoms with Gasteiger partial charge in [-0.2, -0.15) is 0 Å². The molecule has 2 atom stereocenters. The minimum absolute atomic E-state index is 0.512.